The quantitative estimate of drug-likeness (QED) is 0.594. The third-order valence-electron chi connectivity index (χ3n) is 1.63. The summed E-state index contributed by atoms with van der Waals surface area (Å²) in [6.07, 6.45) is 1.42. The molecular formula is C8H10N2O3. The van der Waals surface area contributed by atoms with Crippen LogP contribution in [-0.4, -0.2) is 21.2 Å². The molecule has 0 bridgehead atoms. The molecule has 70 valence electrons. The van der Waals surface area contributed by atoms with Gasteiger partial charge < -0.3 is 15.9 Å². The van der Waals surface area contributed by atoms with Crippen LogP contribution in [0.5, 0.6) is 0 Å². The Morgan fingerprint density at radius 1 is 1.69 bits per heavy atom. The fraction of sp³-hybridized carbons (Fsp3) is 0.250. The maximum Gasteiger partial charge on any atom is 0.325 e. The average molecular weight is 182 g/mol. The van der Waals surface area contributed by atoms with Crippen molar-refractivity contribution in [2.75, 3.05) is 0 Å². The smallest absolute Gasteiger partial charge is 0.325 e. The van der Waals surface area contributed by atoms with Crippen LogP contribution < -0.4 is 5.73 Å². The normalized spacial score (nSPS) is 12.5. The summed E-state index contributed by atoms with van der Waals surface area (Å²) in [6, 6.07) is 1.92. The van der Waals surface area contributed by atoms with Gasteiger partial charge in [-0.3, -0.25) is 9.78 Å². The molecule has 0 spiro atoms. The summed E-state index contributed by atoms with van der Waals surface area (Å²) in [5.74, 6) is -1.10. The molecule has 0 amide bonds. The number of aromatic nitrogens is 1. The molecule has 0 radical (unpaired) electrons. The van der Waals surface area contributed by atoms with Gasteiger partial charge in [0.25, 0.3) is 0 Å². The third-order valence-corrected chi connectivity index (χ3v) is 1.63. The van der Waals surface area contributed by atoms with E-state index in [1.807, 2.05) is 0 Å². The first-order valence-electron chi connectivity index (χ1n) is 3.69. The SMILES string of the molecule is NC(C(=O)O)c1ccnc(CO)c1. The predicted molar refractivity (Wildman–Crippen MR) is 44.7 cm³/mol. The number of aliphatic hydroxyl groups is 1. The zero-order valence-corrected chi connectivity index (χ0v) is 6.84. The van der Waals surface area contributed by atoms with E-state index >= 15 is 0 Å². The first kappa shape index (κ1) is 9.63. The van der Waals surface area contributed by atoms with Gasteiger partial charge in [-0.25, -0.2) is 0 Å². The summed E-state index contributed by atoms with van der Waals surface area (Å²) in [5.41, 5.74) is 6.20. The van der Waals surface area contributed by atoms with Gasteiger partial charge in [0, 0.05) is 6.20 Å². The highest BCUT2D eigenvalue weighted by Gasteiger charge is 2.14. The number of carboxylic acids is 1. The van der Waals surface area contributed by atoms with Crippen LogP contribution in [0.2, 0.25) is 0 Å². The Morgan fingerprint density at radius 3 is 2.92 bits per heavy atom. The van der Waals surface area contributed by atoms with E-state index in [0.29, 0.717) is 11.3 Å². The summed E-state index contributed by atoms with van der Waals surface area (Å²) < 4.78 is 0. The van der Waals surface area contributed by atoms with Crippen molar-refractivity contribution in [1.82, 2.24) is 4.98 Å². The second-order valence-electron chi connectivity index (χ2n) is 2.55. The molecule has 5 heteroatoms. The van der Waals surface area contributed by atoms with Gasteiger partial charge in [-0.1, -0.05) is 0 Å². The van der Waals surface area contributed by atoms with Crippen molar-refractivity contribution >= 4 is 5.97 Å². The molecule has 1 unspecified atom stereocenters. The van der Waals surface area contributed by atoms with Crippen molar-refractivity contribution in [2.45, 2.75) is 12.6 Å². The van der Waals surface area contributed by atoms with E-state index in [4.69, 9.17) is 15.9 Å². The van der Waals surface area contributed by atoms with Crippen LogP contribution in [0.4, 0.5) is 0 Å². The maximum absolute atomic E-state index is 10.5. The summed E-state index contributed by atoms with van der Waals surface area (Å²) >= 11 is 0. The van der Waals surface area contributed by atoms with Crippen molar-refractivity contribution in [2.24, 2.45) is 5.73 Å². The second-order valence-corrected chi connectivity index (χ2v) is 2.55. The number of pyridine rings is 1. The average Bonchev–Trinajstić information content (AvgIpc) is 2.16. The Morgan fingerprint density at radius 2 is 2.38 bits per heavy atom. The Kier molecular flexibility index (Phi) is 2.94. The fourth-order valence-electron chi connectivity index (χ4n) is 0.919. The molecule has 1 heterocycles. The van der Waals surface area contributed by atoms with E-state index < -0.39 is 12.0 Å². The molecule has 1 aromatic rings. The first-order valence-corrected chi connectivity index (χ1v) is 3.69. The largest absolute Gasteiger partial charge is 0.480 e. The van der Waals surface area contributed by atoms with Crippen molar-refractivity contribution in [3.8, 4) is 0 Å². The number of aliphatic hydroxyl groups excluding tert-OH is 1. The Balaban J connectivity index is 2.94. The lowest BCUT2D eigenvalue weighted by Gasteiger charge is -2.06. The van der Waals surface area contributed by atoms with Crippen molar-refractivity contribution < 1.29 is 15.0 Å². The molecule has 1 rings (SSSR count). The van der Waals surface area contributed by atoms with Gasteiger partial charge in [-0.15, -0.1) is 0 Å². The van der Waals surface area contributed by atoms with Crippen LogP contribution in [0.3, 0.4) is 0 Å². The number of hydrogen-bond acceptors (Lipinski definition) is 4. The molecular weight excluding hydrogens is 172 g/mol. The topological polar surface area (TPSA) is 96.4 Å². The van der Waals surface area contributed by atoms with Gasteiger partial charge in [-0.05, 0) is 17.7 Å². The summed E-state index contributed by atoms with van der Waals surface area (Å²) in [4.78, 5) is 14.3. The predicted octanol–water partition coefficient (Wildman–Crippen LogP) is -0.342. The number of nitrogens with two attached hydrogens (primary N) is 1. The molecule has 0 fully saturated rings. The van der Waals surface area contributed by atoms with Gasteiger partial charge in [0.2, 0.25) is 0 Å². The van der Waals surface area contributed by atoms with Crippen molar-refractivity contribution in [3.05, 3.63) is 29.6 Å². The molecule has 0 aliphatic heterocycles. The zero-order valence-electron chi connectivity index (χ0n) is 6.84. The van der Waals surface area contributed by atoms with Gasteiger partial charge in [0.15, 0.2) is 0 Å². The minimum Gasteiger partial charge on any atom is -0.480 e. The highest BCUT2D eigenvalue weighted by atomic mass is 16.4. The van der Waals surface area contributed by atoms with Gasteiger partial charge in [0.05, 0.1) is 12.3 Å². The molecule has 1 aromatic heterocycles. The molecule has 0 aromatic carbocycles. The number of carboxylic acid groups (broad SMARTS) is 1. The first-order chi connectivity index (χ1) is 6.15. The van der Waals surface area contributed by atoms with E-state index in [2.05, 4.69) is 4.98 Å². The van der Waals surface area contributed by atoms with Gasteiger partial charge in [-0.2, -0.15) is 0 Å². The molecule has 0 saturated carbocycles. The van der Waals surface area contributed by atoms with E-state index in [9.17, 15) is 4.79 Å². The Hall–Kier alpha value is -1.46. The molecule has 0 saturated heterocycles. The minimum absolute atomic E-state index is 0.222. The summed E-state index contributed by atoms with van der Waals surface area (Å²) in [7, 11) is 0. The second kappa shape index (κ2) is 3.97. The molecule has 1 atom stereocenters. The number of hydrogen-bond donors (Lipinski definition) is 3. The zero-order chi connectivity index (χ0) is 9.84. The monoisotopic (exact) mass is 182 g/mol. The van der Waals surface area contributed by atoms with Crippen LogP contribution in [0, 0.1) is 0 Å². The van der Waals surface area contributed by atoms with Crippen LogP contribution in [-0.2, 0) is 11.4 Å². The number of carbonyl (C=O) groups is 1. The lowest BCUT2D eigenvalue weighted by Crippen LogP contribution is -2.20. The molecule has 5 nitrogen and oxygen atoms in total. The fourth-order valence-corrected chi connectivity index (χ4v) is 0.919. The Labute approximate surface area is 74.8 Å². The van der Waals surface area contributed by atoms with Crippen LogP contribution in [0.15, 0.2) is 18.3 Å². The van der Waals surface area contributed by atoms with E-state index in [1.165, 1.54) is 18.3 Å². The van der Waals surface area contributed by atoms with E-state index in [-0.39, 0.29) is 6.61 Å². The van der Waals surface area contributed by atoms with Gasteiger partial charge >= 0.3 is 5.97 Å². The van der Waals surface area contributed by atoms with Crippen LogP contribution in [0.1, 0.15) is 17.3 Å². The molecule has 0 aliphatic carbocycles. The minimum atomic E-state index is -1.10. The third kappa shape index (κ3) is 2.24. The summed E-state index contributed by atoms with van der Waals surface area (Å²) in [5, 5.41) is 17.3. The number of aliphatic carboxylic acids is 1. The van der Waals surface area contributed by atoms with Crippen LogP contribution >= 0.6 is 0 Å². The highest BCUT2D eigenvalue weighted by molar-refractivity contribution is 5.75. The maximum atomic E-state index is 10.5. The van der Waals surface area contributed by atoms with E-state index in [1.54, 1.807) is 0 Å². The van der Waals surface area contributed by atoms with Crippen LogP contribution in [0.25, 0.3) is 0 Å². The number of nitrogens with zero attached hydrogens (tertiary/aromatic N) is 1. The van der Waals surface area contributed by atoms with Gasteiger partial charge in [0.1, 0.15) is 6.04 Å². The lowest BCUT2D eigenvalue weighted by atomic mass is 10.1. The Bertz CT molecular complexity index is 314. The molecule has 0 aliphatic rings. The van der Waals surface area contributed by atoms with E-state index in [0.717, 1.165) is 0 Å². The standard InChI is InChI=1S/C8H10N2O3/c9-7(8(12)13)5-1-2-10-6(3-5)4-11/h1-3,7,11H,4,9H2,(H,12,13). The molecule has 4 N–H and O–H groups in total. The highest BCUT2D eigenvalue weighted by Crippen LogP contribution is 2.10. The van der Waals surface area contributed by atoms with Crippen molar-refractivity contribution in [3.63, 3.8) is 0 Å². The van der Waals surface area contributed by atoms with Crippen molar-refractivity contribution in [1.29, 1.82) is 0 Å². The lowest BCUT2D eigenvalue weighted by molar-refractivity contribution is -0.138. The molecule has 13 heavy (non-hydrogen) atoms. The summed E-state index contributed by atoms with van der Waals surface area (Å²) in [6.45, 7) is -0.222. The number of rotatable bonds is 3.